The molecule has 0 saturated heterocycles. The predicted octanol–water partition coefficient (Wildman–Crippen LogP) is 2.92. The van der Waals surface area contributed by atoms with Crippen LogP contribution in [0.1, 0.15) is 31.1 Å². The summed E-state index contributed by atoms with van der Waals surface area (Å²) in [6.07, 6.45) is 5.52. The van der Waals surface area contributed by atoms with Crippen LogP contribution < -0.4 is 24.2 Å². The maximum absolute atomic E-state index is 13.2. The SMILES string of the molecule is C#CCn1c(=NC(=O)c2cc(OCC)c(OCC)c(OCC)c2)sc2cc(S(N)(=O)=O)ccc21. The lowest BCUT2D eigenvalue weighted by Crippen LogP contribution is -2.16. The molecule has 3 aromatic rings. The largest absolute Gasteiger partial charge is 0.490 e. The minimum Gasteiger partial charge on any atom is -0.490 e. The molecule has 0 atom stereocenters. The topological polar surface area (TPSA) is 122 Å². The molecule has 34 heavy (non-hydrogen) atoms. The summed E-state index contributed by atoms with van der Waals surface area (Å²) in [7, 11) is -3.89. The van der Waals surface area contributed by atoms with Gasteiger partial charge in [0, 0.05) is 5.56 Å². The van der Waals surface area contributed by atoms with Crippen molar-refractivity contribution >= 4 is 37.5 Å². The van der Waals surface area contributed by atoms with Gasteiger partial charge in [-0.25, -0.2) is 13.6 Å². The third-order valence-electron chi connectivity index (χ3n) is 4.59. The lowest BCUT2D eigenvalue weighted by Gasteiger charge is -2.16. The third-order valence-corrected chi connectivity index (χ3v) is 6.54. The number of nitrogens with zero attached hydrogens (tertiary/aromatic N) is 2. The van der Waals surface area contributed by atoms with E-state index in [1.807, 2.05) is 20.8 Å². The van der Waals surface area contributed by atoms with Gasteiger partial charge in [-0.3, -0.25) is 4.79 Å². The number of carbonyl (C=O) groups is 1. The van der Waals surface area contributed by atoms with Crippen LogP contribution in [0.2, 0.25) is 0 Å². The zero-order valence-corrected chi connectivity index (χ0v) is 20.7. The minimum atomic E-state index is -3.89. The average Bonchev–Trinajstić information content (AvgIpc) is 3.12. The molecule has 9 nitrogen and oxygen atoms in total. The summed E-state index contributed by atoms with van der Waals surface area (Å²) in [5.74, 6) is 3.15. The Morgan fingerprint density at radius 1 is 1.09 bits per heavy atom. The molecule has 2 aromatic carbocycles. The predicted molar refractivity (Wildman–Crippen MR) is 130 cm³/mol. The Morgan fingerprint density at radius 3 is 2.24 bits per heavy atom. The van der Waals surface area contributed by atoms with E-state index in [2.05, 4.69) is 10.9 Å². The number of carbonyl (C=O) groups excluding carboxylic acids is 1. The van der Waals surface area contributed by atoms with Gasteiger partial charge in [0.25, 0.3) is 5.91 Å². The minimum absolute atomic E-state index is 0.0405. The first-order valence-corrected chi connectivity index (χ1v) is 12.8. The lowest BCUT2D eigenvalue weighted by atomic mass is 10.1. The van der Waals surface area contributed by atoms with E-state index in [0.29, 0.717) is 52.1 Å². The lowest BCUT2D eigenvalue weighted by molar-refractivity contribution is 0.0996. The summed E-state index contributed by atoms with van der Waals surface area (Å²) in [5, 5.41) is 5.25. The summed E-state index contributed by atoms with van der Waals surface area (Å²) in [5.41, 5.74) is 0.879. The molecule has 180 valence electrons. The molecule has 0 unspecified atom stereocenters. The summed E-state index contributed by atoms with van der Waals surface area (Å²) in [4.78, 5) is 17.7. The number of ether oxygens (including phenoxy) is 3. The van der Waals surface area contributed by atoms with Gasteiger partial charge >= 0.3 is 0 Å². The maximum Gasteiger partial charge on any atom is 0.279 e. The van der Waals surface area contributed by atoms with Crippen molar-refractivity contribution in [1.82, 2.24) is 4.57 Å². The quantitative estimate of drug-likeness (QED) is 0.448. The van der Waals surface area contributed by atoms with Gasteiger partial charge in [0.2, 0.25) is 15.8 Å². The van der Waals surface area contributed by atoms with Crippen LogP contribution in [0.3, 0.4) is 0 Å². The Morgan fingerprint density at radius 2 is 1.71 bits per heavy atom. The van der Waals surface area contributed by atoms with Gasteiger partial charge < -0.3 is 18.8 Å². The van der Waals surface area contributed by atoms with E-state index in [1.165, 1.54) is 12.1 Å². The van der Waals surface area contributed by atoms with Crippen molar-refractivity contribution < 1.29 is 27.4 Å². The molecule has 0 radical (unpaired) electrons. The molecule has 1 amide bonds. The molecule has 0 aliphatic rings. The van der Waals surface area contributed by atoms with Gasteiger partial charge in [-0.15, -0.1) is 6.42 Å². The van der Waals surface area contributed by atoms with E-state index >= 15 is 0 Å². The monoisotopic (exact) mass is 503 g/mol. The van der Waals surface area contributed by atoms with E-state index < -0.39 is 15.9 Å². The first-order chi connectivity index (χ1) is 16.2. The number of aromatic nitrogens is 1. The second-order valence-corrected chi connectivity index (χ2v) is 9.44. The number of primary sulfonamides is 1. The highest BCUT2D eigenvalue weighted by atomic mass is 32.2. The Bertz CT molecular complexity index is 1400. The number of terminal acetylenes is 1. The van der Waals surface area contributed by atoms with E-state index in [0.717, 1.165) is 11.3 Å². The fourth-order valence-electron chi connectivity index (χ4n) is 3.22. The fraction of sp³-hybridized carbons (Fsp3) is 0.304. The number of rotatable bonds is 9. The van der Waals surface area contributed by atoms with Crippen LogP contribution in [0.25, 0.3) is 10.2 Å². The van der Waals surface area contributed by atoms with Crippen molar-refractivity contribution in [1.29, 1.82) is 0 Å². The maximum atomic E-state index is 13.2. The highest BCUT2D eigenvalue weighted by molar-refractivity contribution is 7.89. The molecular formula is C23H25N3O6S2. The standard InChI is InChI=1S/C23H25N3O6S2/c1-5-11-26-17-10-9-16(34(24,28)29)14-20(17)33-23(26)25-22(27)15-12-18(30-6-2)21(32-8-4)19(13-15)31-7-3/h1,9-10,12-14H,6-8,11H2,2-4H3,(H2,24,28,29). The fourth-order valence-corrected chi connectivity index (χ4v) is 4.90. The Kier molecular flexibility index (Phi) is 7.98. The zero-order valence-electron chi connectivity index (χ0n) is 19.0. The molecule has 0 aliphatic carbocycles. The molecule has 1 heterocycles. The molecular weight excluding hydrogens is 478 g/mol. The highest BCUT2D eigenvalue weighted by Gasteiger charge is 2.19. The van der Waals surface area contributed by atoms with Gasteiger partial charge in [0.15, 0.2) is 16.3 Å². The molecule has 0 aliphatic heterocycles. The normalized spacial score (nSPS) is 11.9. The van der Waals surface area contributed by atoms with Crippen LogP contribution in [0, 0.1) is 12.3 Å². The van der Waals surface area contributed by atoms with Crippen molar-refractivity contribution in [3.8, 4) is 29.6 Å². The van der Waals surface area contributed by atoms with Gasteiger partial charge in [-0.1, -0.05) is 17.3 Å². The average molecular weight is 504 g/mol. The number of fused-ring (bicyclic) bond motifs is 1. The zero-order chi connectivity index (χ0) is 24.9. The first kappa shape index (κ1) is 25.3. The number of hydrogen-bond acceptors (Lipinski definition) is 7. The van der Waals surface area contributed by atoms with Gasteiger partial charge in [-0.05, 0) is 51.1 Å². The highest BCUT2D eigenvalue weighted by Crippen LogP contribution is 2.39. The summed E-state index contributed by atoms with van der Waals surface area (Å²) in [6.45, 7) is 6.75. The molecule has 0 saturated carbocycles. The first-order valence-electron chi connectivity index (χ1n) is 10.5. The van der Waals surface area contributed by atoms with Crippen LogP contribution in [0.5, 0.6) is 17.2 Å². The Labute approximate surface area is 201 Å². The molecule has 0 bridgehead atoms. The molecule has 0 spiro atoms. The van der Waals surface area contributed by atoms with E-state index in [-0.39, 0.29) is 17.0 Å². The second kappa shape index (κ2) is 10.7. The number of thiazole rings is 1. The summed E-state index contributed by atoms with van der Waals surface area (Å²) in [6, 6.07) is 7.52. The van der Waals surface area contributed by atoms with Crippen molar-refractivity contribution in [2.45, 2.75) is 32.2 Å². The van der Waals surface area contributed by atoms with Gasteiger partial charge in [-0.2, -0.15) is 4.99 Å². The van der Waals surface area contributed by atoms with Crippen LogP contribution in [0.15, 0.2) is 40.2 Å². The van der Waals surface area contributed by atoms with Crippen LogP contribution >= 0.6 is 11.3 Å². The number of amides is 1. The molecule has 3 rings (SSSR count). The van der Waals surface area contributed by atoms with Crippen LogP contribution in [0.4, 0.5) is 0 Å². The van der Waals surface area contributed by atoms with Crippen LogP contribution in [-0.2, 0) is 16.6 Å². The Balaban J connectivity index is 2.17. The van der Waals surface area contributed by atoms with Crippen molar-refractivity contribution in [2.24, 2.45) is 10.1 Å². The van der Waals surface area contributed by atoms with E-state index in [4.69, 9.17) is 25.8 Å². The van der Waals surface area contributed by atoms with E-state index in [9.17, 15) is 13.2 Å². The number of benzene rings is 2. The number of hydrogen-bond donors (Lipinski definition) is 1. The van der Waals surface area contributed by atoms with Crippen molar-refractivity contribution in [2.75, 3.05) is 19.8 Å². The van der Waals surface area contributed by atoms with Gasteiger partial charge in [0.1, 0.15) is 0 Å². The molecule has 2 N–H and O–H groups in total. The van der Waals surface area contributed by atoms with E-state index in [1.54, 1.807) is 22.8 Å². The molecule has 0 fully saturated rings. The number of sulfonamides is 1. The second-order valence-electron chi connectivity index (χ2n) is 6.87. The van der Waals surface area contributed by atoms with Gasteiger partial charge in [0.05, 0.1) is 41.5 Å². The smallest absolute Gasteiger partial charge is 0.279 e. The third kappa shape index (κ3) is 5.41. The molecule has 11 heteroatoms. The van der Waals surface area contributed by atoms with Crippen molar-refractivity contribution in [3.05, 3.63) is 40.7 Å². The molecule has 1 aromatic heterocycles. The Hall–Kier alpha value is -3.33. The van der Waals surface area contributed by atoms with Crippen molar-refractivity contribution in [3.63, 3.8) is 0 Å². The van der Waals surface area contributed by atoms with Crippen LogP contribution in [-0.4, -0.2) is 38.7 Å². The number of nitrogens with two attached hydrogens (primary N) is 1. The summed E-state index contributed by atoms with van der Waals surface area (Å²) < 4.78 is 42.7. The summed E-state index contributed by atoms with van der Waals surface area (Å²) >= 11 is 1.13.